The lowest BCUT2D eigenvalue weighted by molar-refractivity contribution is 0.603. The number of hydrogen-bond donors (Lipinski definition) is 1. The predicted octanol–water partition coefficient (Wildman–Crippen LogP) is 4.42. The van der Waals surface area contributed by atoms with Crippen LogP contribution in [0.15, 0.2) is 0 Å². The third-order valence-electron chi connectivity index (χ3n) is 3.58. The van der Waals surface area contributed by atoms with E-state index in [1.54, 1.807) is 0 Å². The molecule has 5 heteroatoms. The maximum atomic E-state index is 4.84. The van der Waals surface area contributed by atoms with E-state index in [0.29, 0.717) is 11.3 Å². The zero-order valence-electron chi connectivity index (χ0n) is 12.4. The van der Waals surface area contributed by atoms with Crippen molar-refractivity contribution in [1.82, 2.24) is 10.3 Å². The number of thioether (sulfide) groups is 2. The van der Waals surface area contributed by atoms with E-state index in [2.05, 4.69) is 63.5 Å². The van der Waals surface area contributed by atoms with Crippen LogP contribution in [0.5, 0.6) is 0 Å². The quantitative estimate of drug-likeness (QED) is 0.889. The van der Waals surface area contributed by atoms with Gasteiger partial charge in [0, 0.05) is 27.2 Å². The molecular weight excluding hydrogens is 292 g/mol. The van der Waals surface area contributed by atoms with E-state index in [9.17, 15) is 0 Å². The Morgan fingerprint density at radius 3 is 2.74 bits per heavy atom. The van der Waals surface area contributed by atoms with Gasteiger partial charge in [0.25, 0.3) is 0 Å². The van der Waals surface area contributed by atoms with E-state index in [4.69, 9.17) is 4.98 Å². The van der Waals surface area contributed by atoms with Crippen LogP contribution in [-0.4, -0.2) is 27.8 Å². The Kier molecular flexibility index (Phi) is 5.64. The molecule has 0 aromatic carbocycles. The summed E-state index contributed by atoms with van der Waals surface area (Å²) in [5, 5.41) is 6.90. The fourth-order valence-corrected chi connectivity index (χ4v) is 6.57. The van der Waals surface area contributed by atoms with Crippen molar-refractivity contribution in [3.05, 3.63) is 15.6 Å². The number of rotatable bonds is 4. The van der Waals surface area contributed by atoms with Crippen molar-refractivity contribution < 1.29 is 0 Å². The fourth-order valence-electron chi connectivity index (χ4n) is 2.28. The minimum Gasteiger partial charge on any atom is -0.310 e. The Morgan fingerprint density at radius 1 is 1.37 bits per heavy atom. The van der Waals surface area contributed by atoms with E-state index < -0.39 is 0 Å². The molecule has 0 spiro atoms. The summed E-state index contributed by atoms with van der Waals surface area (Å²) < 4.78 is 0. The highest BCUT2D eigenvalue weighted by atomic mass is 32.2. The predicted molar refractivity (Wildman–Crippen MR) is 90.7 cm³/mol. The van der Waals surface area contributed by atoms with Crippen LogP contribution in [0.3, 0.4) is 0 Å². The molecular formula is C14H24N2S3. The van der Waals surface area contributed by atoms with Crippen LogP contribution in [0, 0.1) is 6.92 Å². The van der Waals surface area contributed by atoms with Crippen molar-refractivity contribution >= 4 is 34.9 Å². The van der Waals surface area contributed by atoms with Gasteiger partial charge in [0.2, 0.25) is 0 Å². The molecule has 0 radical (unpaired) electrons. The van der Waals surface area contributed by atoms with Gasteiger partial charge in [-0.25, -0.2) is 4.98 Å². The Labute approximate surface area is 129 Å². The summed E-state index contributed by atoms with van der Waals surface area (Å²) in [6.07, 6.45) is 0. The minimum atomic E-state index is 0.425. The van der Waals surface area contributed by atoms with Crippen LogP contribution in [0.2, 0.25) is 0 Å². The zero-order valence-corrected chi connectivity index (χ0v) is 14.8. The van der Waals surface area contributed by atoms with Crippen molar-refractivity contribution in [2.45, 2.75) is 56.4 Å². The van der Waals surface area contributed by atoms with Crippen LogP contribution >= 0.6 is 34.9 Å². The van der Waals surface area contributed by atoms with Gasteiger partial charge in [0.15, 0.2) is 0 Å². The second-order valence-corrected chi connectivity index (χ2v) is 9.21. The summed E-state index contributed by atoms with van der Waals surface area (Å²) in [5.74, 6) is 1.21. The second kappa shape index (κ2) is 6.83. The van der Waals surface area contributed by atoms with E-state index in [-0.39, 0.29) is 0 Å². The lowest BCUT2D eigenvalue weighted by Crippen LogP contribution is -2.21. The summed E-state index contributed by atoms with van der Waals surface area (Å²) in [4.78, 5) is 6.25. The average molecular weight is 317 g/mol. The van der Waals surface area contributed by atoms with Crippen molar-refractivity contribution in [2.75, 3.05) is 12.3 Å². The number of hydrogen-bond acceptors (Lipinski definition) is 5. The van der Waals surface area contributed by atoms with Crippen molar-refractivity contribution in [1.29, 1.82) is 0 Å². The monoisotopic (exact) mass is 316 g/mol. The molecule has 4 unspecified atom stereocenters. The van der Waals surface area contributed by atoms with Gasteiger partial charge in [0.05, 0.1) is 10.9 Å². The van der Waals surface area contributed by atoms with E-state index in [1.165, 1.54) is 21.3 Å². The molecule has 1 aromatic heterocycles. The molecule has 0 amide bonds. The maximum absolute atomic E-state index is 4.84. The summed E-state index contributed by atoms with van der Waals surface area (Å²) in [7, 11) is 0. The smallest absolute Gasteiger partial charge is 0.107 e. The first kappa shape index (κ1) is 15.7. The molecule has 19 heavy (non-hydrogen) atoms. The average Bonchev–Trinajstić information content (AvgIpc) is 2.75. The van der Waals surface area contributed by atoms with Crippen LogP contribution in [0.4, 0.5) is 0 Å². The lowest BCUT2D eigenvalue weighted by atomic mass is 10.2. The van der Waals surface area contributed by atoms with Crippen LogP contribution < -0.4 is 5.32 Å². The molecule has 1 aromatic rings. The van der Waals surface area contributed by atoms with Crippen molar-refractivity contribution in [3.8, 4) is 0 Å². The summed E-state index contributed by atoms with van der Waals surface area (Å²) >= 11 is 6.10. The summed E-state index contributed by atoms with van der Waals surface area (Å²) in [5.41, 5.74) is 1.21. The Balaban J connectivity index is 2.11. The third kappa shape index (κ3) is 3.69. The maximum Gasteiger partial charge on any atom is 0.107 e. The normalized spacial score (nSPS) is 29.4. The molecule has 1 fully saturated rings. The number of nitrogens with one attached hydrogen (secondary N) is 1. The summed E-state index contributed by atoms with van der Waals surface area (Å²) in [6.45, 7) is 12.2. The van der Waals surface area contributed by atoms with Crippen LogP contribution in [-0.2, 0) is 0 Å². The SMILES string of the molecule is CCNC(C)c1sc(C2CSC(C)C(C)S2)nc1C. The highest BCUT2D eigenvalue weighted by molar-refractivity contribution is 8.07. The van der Waals surface area contributed by atoms with E-state index in [0.717, 1.165) is 17.0 Å². The molecule has 1 aliphatic rings. The van der Waals surface area contributed by atoms with E-state index >= 15 is 0 Å². The largest absolute Gasteiger partial charge is 0.310 e. The number of thiazole rings is 1. The minimum absolute atomic E-state index is 0.425. The van der Waals surface area contributed by atoms with Crippen molar-refractivity contribution in [3.63, 3.8) is 0 Å². The van der Waals surface area contributed by atoms with Crippen LogP contribution in [0.25, 0.3) is 0 Å². The molecule has 0 bridgehead atoms. The molecule has 0 saturated carbocycles. The van der Waals surface area contributed by atoms with Gasteiger partial charge in [-0.05, 0) is 20.4 Å². The van der Waals surface area contributed by atoms with Gasteiger partial charge in [0.1, 0.15) is 5.01 Å². The Hall–Kier alpha value is 0.290. The van der Waals surface area contributed by atoms with Gasteiger partial charge in [-0.1, -0.05) is 20.8 Å². The molecule has 2 nitrogen and oxygen atoms in total. The van der Waals surface area contributed by atoms with Gasteiger partial charge >= 0.3 is 0 Å². The molecule has 2 heterocycles. The molecule has 1 saturated heterocycles. The number of aryl methyl sites for hydroxylation is 1. The molecule has 108 valence electrons. The second-order valence-electron chi connectivity index (χ2n) is 5.15. The number of nitrogens with zero attached hydrogens (tertiary/aromatic N) is 1. The van der Waals surface area contributed by atoms with E-state index in [1.807, 2.05) is 11.3 Å². The molecule has 4 atom stereocenters. The highest BCUT2D eigenvalue weighted by Crippen LogP contribution is 2.46. The fraction of sp³-hybridized carbons (Fsp3) is 0.786. The zero-order chi connectivity index (χ0) is 14.0. The molecule has 2 rings (SSSR count). The first-order valence-corrected chi connectivity index (χ1v) is 9.81. The molecule has 1 aliphatic heterocycles. The topological polar surface area (TPSA) is 24.9 Å². The lowest BCUT2D eigenvalue weighted by Gasteiger charge is -2.30. The third-order valence-corrected chi connectivity index (χ3v) is 8.58. The van der Waals surface area contributed by atoms with Crippen LogP contribution in [0.1, 0.15) is 54.6 Å². The highest BCUT2D eigenvalue weighted by Gasteiger charge is 2.29. The molecule has 0 aliphatic carbocycles. The standard InChI is InChI=1S/C14H24N2S3/c1-6-15-8(2)13-9(3)16-14(19-13)12-7-17-10(4)11(5)18-12/h8,10-12,15H,6-7H2,1-5H3. The van der Waals surface area contributed by atoms with Crippen molar-refractivity contribution in [2.24, 2.45) is 0 Å². The summed E-state index contributed by atoms with van der Waals surface area (Å²) in [6, 6.07) is 0.425. The van der Waals surface area contributed by atoms with Gasteiger partial charge in [-0.3, -0.25) is 0 Å². The first-order chi connectivity index (χ1) is 9.02. The Morgan fingerprint density at radius 2 is 2.11 bits per heavy atom. The number of aromatic nitrogens is 1. The van der Waals surface area contributed by atoms with Gasteiger partial charge in [-0.15, -0.1) is 23.1 Å². The first-order valence-electron chi connectivity index (χ1n) is 7.00. The van der Waals surface area contributed by atoms with Gasteiger partial charge < -0.3 is 5.32 Å². The Bertz CT molecular complexity index is 419. The van der Waals surface area contributed by atoms with Gasteiger partial charge in [-0.2, -0.15) is 11.8 Å². The molecule has 1 N–H and O–H groups in total.